The lowest BCUT2D eigenvalue weighted by atomic mass is 9.70. The van der Waals surface area contributed by atoms with E-state index in [0.29, 0.717) is 11.0 Å². The number of piperidine rings is 1. The van der Waals surface area contributed by atoms with Gasteiger partial charge in [-0.15, -0.1) is 0 Å². The first kappa shape index (κ1) is 11.0. The van der Waals surface area contributed by atoms with Gasteiger partial charge in [-0.3, -0.25) is 4.90 Å². The highest BCUT2D eigenvalue weighted by Crippen LogP contribution is 2.44. The van der Waals surface area contributed by atoms with E-state index in [2.05, 4.69) is 30.6 Å². The van der Waals surface area contributed by atoms with Gasteiger partial charge in [-0.25, -0.2) is 0 Å². The molecule has 3 aliphatic rings. The fraction of sp³-hybridized carbons (Fsp3) is 1.00. The first-order valence-corrected chi connectivity index (χ1v) is 6.98. The van der Waals surface area contributed by atoms with E-state index in [9.17, 15) is 0 Å². The second-order valence-electron chi connectivity index (χ2n) is 7.29. The molecule has 0 amide bonds. The molecule has 0 aromatic carbocycles. The largest absolute Gasteiger partial charge is 0.300 e. The Morgan fingerprint density at radius 2 is 1.56 bits per heavy atom. The van der Waals surface area contributed by atoms with Crippen molar-refractivity contribution in [1.29, 1.82) is 0 Å². The van der Waals surface area contributed by atoms with E-state index in [1.165, 1.54) is 51.9 Å². The van der Waals surface area contributed by atoms with Crippen LogP contribution in [0.4, 0.5) is 0 Å². The SMILES string of the molecule is CC(C)(C)N1CC2(CCN(C3CC3)CC2)C1. The second-order valence-corrected chi connectivity index (χ2v) is 7.29. The molecule has 1 aliphatic carbocycles. The molecule has 2 heteroatoms. The second kappa shape index (κ2) is 3.46. The first-order chi connectivity index (χ1) is 7.49. The van der Waals surface area contributed by atoms with Crippen LogP contribution in [-0.4, -0.2) is 47.6 Å². The first-order valence-electron chi connectivity index (χ1n) is 6.98. The molecule has 2 nitrogen and oxygen atoms in total. The number of rotatable bonds is 1. The smallest absolute Gasteiger partial charge is 0.0125 e. The molecule has 92 valence electrons. The lowest BCUT2D eigenvalue weighted by Crippen LogP contribution is -2.65. The van der Waals surface area contributed by atoms with Gasteiger partial charge in [0.1, 0.15) is 0 Å². The number of nitrogens with zero attached hydrogens (tertiary/aromatic N) is 2. The predicted molar refractivity (Wildman–Crippen MR) is 67.6 cm³/mol. The van der Waals surface area contributed by atoms with E-state index >= 15 is 0 Å². The van der Waals surface area contributed by atoms with Crippen LogP contribution in [0.25, 0.3) is 0 Å². The van der Waals surface area contributed by atoms with Gasteiger partial charge in [0.2, 0.25) is 0 Å². The van der Waals surface area contributed by atoms with Gasteiger partial charge < -0.3 is 4.90 Å². The number of hydrogen-bond acceptors (Lipinski definition) is 2. The minimum Gasteiger partial charge on any atom is -0.300 e. The Morgan fingerprint density at radius 3 is 2.00 bits per heavy atom. The Kier molecular flexibility index (Phi) is 2.38. The molecule has 0 atom stereocenters. The summed E-state index contributed by atoms with van der Waals surface area (Å²) in [6.45, 7) is 12.5. The fourth-order valence-electron chi connectivity index (χ4n) is 3.36. The van der Waals surface area contributed by atoms with Crippen molar-refractivity contribution in [1.82, 2.24) is 9.80 Å². The van der Waals surface area contributed by atoms with E-state index in [4.69, 9.17) is 0 Å². The predicted octanol–water partition coefficient (Wildman–Crippen LogP) is 2.35. The molecular weight excluding hydrogens is 196 g/mol. The van der Waals surface area contributed by atoms with Crippen LogP contribution in [0.2, 0.25) is 0 Å². The van der Waals surface area contributed by atoms with E-state index < -0.39 is 0 Å². The van der Waals surface area contributed by atoms with Gasteiger partial charge in [-0.2, -0.15) is 0 Å². The van der Waals surface area contributed by atoms with Crippen LogP contribution in [0.1, 0.15) is 46.5 Å². The van der Waals surface area contributed by atoms with Gasteiger partial charge >= 0.3 is 0 Å². The van der Waals surface area contributed by atoms with Crippen molar-refractivity contribution in [3.05, 3.63) is 0 Å². The highest BCUT2D eigenvalue weighted by molar-refractivity contribution is 5.03. The normalized spacial score (nSPS) is 31.7. The zero-order valence-corrected chi connectivity index (χ0v) is 11.1. The topological polar surface area (TPSA) is 6.48 Å². The maximum atomic E-state index is 2.74. The maximum Gasteiger partial charge on any atom is 0.0125 e. The summed E-state index contributed by atoms with van der Waals surface area (Å²) in [4.78, 5) is 5.39. The summed E-state index contributed by atoms with van der Waals surface area (Å²) < 4.78 is 0. The summed E-state index contributed by atoms with van der Waals surface area (Å²) in [5.41, 5.74) is 1.09. The maximum absolute atomic E-state index is 2.74. The molecule has 0 N–H and O–H groups in total. The van der Waals surface area contributed by atoms with Gasteiger partial charge in [-0.05, 0) is 65.0 Å². The molecule has 3 fully saturated rings. The lowest BCUT2D eigenvalue weighted by molar-refractivity contribution is -0.0908. The van der Waals surface area contributed by atoms with Crippen LogP contribution in [0.5, 0.6) is 0 Å². The summed E-state index contributed by atoms with van der Waals surface area (Å²) in [6, 6.07) is 0.983. The molecule has 16 heavy (non-hydrogen) atoms. The molecule has 2 heterocycles. The summed E-state index contributed by atoms with van der Waals surface area (Å²) in [7, 11) is 0. The molecule has 1 spiro atoms. The third kappa shape index (κ3) is 1.91. The van der Waals surface area contributed by atoms with Crippen molar-refractivity contribution in [2.75, 3.05) is 26.2 Å². The van der Waals surface area contributed by atoms with Crippen LogP contribution >= 0.6 is 0 Å². The van der Waals surface area contributed by atoms with E-state index in [0.717, 1.165) is 6.04 Å². The van der Waals surface area contributed by atoms with Gasteiger partial charge in [-0.1, -0.05) is 0 Å². The Morgan fingerprint density at radius 1 is 1.00 bits per heavy atom. The minimum atomic E-state index is 0.388. The summed E-state index contributed by atoms with van der Waals surface area (Å²) in [5, 5.41) is 0. The van der Waals surface area contributed by atoms with Crippen LogP contribution in [0.15, 0.2) is 0 Å². The van der Waals surface area contributed by atoms with Crippen LogP contribution < -0.4 is 0 Å². The summed E-state index contributed by atoms with van der Waals surface area (Å²) >= 11 is 0. The molecule has 0 unspecified atom stereocenters. The Labute approximate surface area is 100.0 Å². The highest BCUT2D eigenvalue weighted by Gasteiger charge is 2.48. The monoisotopic (exact) mass is 222 g/mol. The lowest BCUT2D eigenvalue weighted by Gasteiger charge is -2.58. The van der Waals surface area contributed by atoms with E-state index in [1.807, 2.05) is 0 Å². The molecule has 0 bridgehead atoms. The molecule has 0 radical (unpaired) electrons. The van der Waals surface area contributed by atoms with E-state index in [-0.39, 0.29) is 0 Å². The van der Waals surface area contributed by atoms with Crippen molar-refractivity contribution in [2.24, 2.45) is 5.41 Å². The molecular formula is C14H26N2. The van der Waals surface area contributed by atoms with Crippen LogP contribution in [0.3, 0.4) is 0 Å². The van der Waals surface area contributed by atoms with Crippen molar-refractivity contribution in [2.45, 2.75) is 58.0 Å². The summed E-state index contributed by atoms with van der Waals surface area (Å²) in [6.07, 6.45) is 5.86. The average Bonchev–Trinajstić information content (AvgIpc) is 2.96. The standard InChI is InChI=1S/C14H26N2/c1-13(2,3)16-10-14(11-16)6-8-15(9-7-14)12-4-5-12/h12H,4-11H2,1-3H3. The Bertz CT molecular complexity index is 259. The highest BCUT2D eigenvalue weighted by atomic mass is 15.3. The van der Waals surface area contributed by atoms with Gasteiger partial charge in [0, 0.05) is 24.7 Å². The quantitative estimate of drug-likeness (QED) is 0.672. The Hall–Kier alpha value is -0.0800. The molecule has 1 saturated carbocycles. The zero-order chi connectivity index (χ0) is 11.4. The summed E-state index contributed by atoms with van der Waals surface area (Å²) in [5.74, 6) is 0. The van der Waals surface area contributed by atoms with Crippen LogP contribution in [-0.2, 0) is 0 Å². The zero-order valence-electron chi connectivity index (χ0n) is 11.1. The van der Waals surface area contributed by atoms with Gasteiger partial charge in [0.15, 0.2) is 0 Å². The fourth-order valence-corrected chi connectivity index (χ4v) is 3.36. The molecule has 3 rings (SSSR count). The molecule has 0 aromatic rings. The number of likely N-dealkylation sites (tertiary alicyclic amines) is 2. The van der Waals surface area contributed by atoms with E-state index in [1.54, 1.807) is 0 Å². The third-order valence-electron chi connectivity index (χ3n) is 4.92. The van der Waals surface area contributed by atoms with Crippen molar-refractivity contribution in [3.8, 4) is 0 Å². The van der Waals surface area contributed by atoms with Gasteiger partial charge in [0.05, 0.1) is 0 Å². The molecule has 0 aromatic heterocycles. The third-order valence-corrected chi connectivity index (χ3v) is 4.92. The van der Waals surface area contributed by atoms with Crippen molar-refractivity contribution in [3.63, 3.8) is 0 Å². The van der Waals surface area contributed by atoms with Crippen molar-refractivity contribution >= 4 is 0 Å². The van der Waals surface area contributed by atoms with Gasteiger partial charge in [0.25, 0.3) is 0 Å². The van der Waals surface area contributed by atoms with Crippen LogP contribution in [0, 0.1) is 5.41 Å². The molecule has 2 saturated heterocycles. The number of hydrogen-bond donors (Lipinski definition) is 0. The average molecular weight is 222 g/mol. The Balaban J connectivity index is 1.51. The molecule has 2 aliphatic heterocycles. The minimum absolute atomic E-state index is 0.388. The van der Waals surface area contributed by atoms with Crippen molar-refractivity contribution < 1.29 is 0 Å².